The molecule has 2 aromatic heterocycles. The molecule has 0 bridgehead atoms. The zero-order valence-corrected chi connectivity index (χ0v) is 14.7. The summed E-state index contributed by atoms with van der Waals surface area (Å²) in [6.45, 7) is 3.52. The Bertz CT molecular complexity index is 813. The van der Waals surface area contributed by atoms with E-state index in [-0.39, 0.29) is 23.6 Å². The Balaban J connectivity index is 1.73. The highest BCUT2D eigenvalue weighted by Gasteiger charge is 2.33. The summed E-state index contributed by atoms with van der Waals surface area (Å²) in [5, 5.41) is 7.11. The molecule has 2 N–H and O–H groups in total. The maximum Gasteiger partial charge on any atom is 0.251 e. The van der Waals surface area contributed by atoms with E-state index >= 15 is 0 Å². The summed E-state index contributed by atoms with van der Waals surface area (Å²) in [7, 11) is 3.93. The third-order valence-electron chi connectivity index (χ3n) is 4.47. The predicted octanol–water partition coefficient (Wildman–Crippen LogP) is 0.219. The summed E-state index contributed by atoms with van der Waals surface area (Å²) >= 11 is 0. The number of carbonyl (C=O) groups excluding carboxylic acids is 1. The fourth-order valence-electron chi connectivity index (χ4n) is 3.23. The van der Waals surface area contributed by atoms with E-state index in [4.69, 9.17) is 4.74 Å². The highest BCUT2D eigenvalue weighted by Crippen LogP contribution is 2.27. The minimum absolute atomic E-state index is 0.00228. The van der Waals surface area contributed by atoms with Crippen LogP contribution in [0.15, 0.2) is 29.2 Å². The Morgan fingerprint density at radius 1 is 1.44 bits per heavy atom. The standard InChI is InChI=1S/C17H23N5O3/c1-11-8-12(9-15(23)20-11)17(24)18-10-14-16(21(2)6-7-25-14)13-4-5-19-22(13)3/h4-5,8-9,14,16H,6-7,10H2,1-3H3,(H,18,24)(H,20,23)/t14-,16-/m0/s1. The Labute approximate surface area is 145 Å². The minimum atomic E-state index is -0.286. The van der Waals surface area contributed by atoms with E-state index in [0.717, 1.165) is 12.2 Å². The van der Waals surface area contributed by atoms with Crippen LogP contribution in [0.4, 0.5) is 0 Å². The monoisotopic (exact) mass is 345 g/mol. The molecule has 1 saturated heterocycles. The van der Waals surface area contributed by atoms with Gasteiger partial charge in [-0.15, -0.1) is 0 Å². The zero-order valence-electron chi connectivity index (χ0n) is 14.7. The lowest BCUT2D eigenvalue weighted by molar-refractivity contribution is -0.0629. The van der Waals surface area contributed by atoms with Crippen LogP contribution in [0.2, 0.25) is 0 Å². The second kappa shape index (κ2) is 7.20. The van der Waals surface area contributed by atoms with Gasteiger partial charge in [0, 0.05) is 43.7 Å². The van der Waals surface area contributed by atoms with Crippen LogP contribution in [0.5, 0.6) is 0 Å². The second-order valence-electron chi connectivity index (χ2n) is 6.34. The highest BCUT2D eigenvalue weighted by molar-refractivity contribution is 5.94. The normalized spacial score (nSPS) is 21.2. The van der Waals surface area contributed by atoms with Crippen molar-refractivity contribution in [2.75, 3.05) is 26.7 Å². The summed E-state index contributed by atoms with van der Waals surface area (Å²) in [4.78, 5) is 28.8. The molecule has 0 aromatic carbocycles. The van der Waals surface area contributed by atoms with Crippen molar-refractivity contribution >= 4 is 5.91 Å². The van der Waals surface area contributed by atoms with Crippen LogP contribution >= 0.6 is 0 Å². The van der Waals surface area contributed by atoms with Crippen LogP contribution in [0.25, 0.3) is 0 Å². The van der Waals surface area contributed by atoms with E-state index < -0.39 is 0 Å². The van der Waals surface area contributed by atoms with Crippen molar-refractivity contribution in [1.29, 1.82) is 0 Å². The number of H-pyrrole nitrogens is 1. The molecule has 0 saturated carbocycles. The number of hydrogen-bond acceptors (Lipinski definition) is 5. The fraction of sp³-hybridized carbons (Fsp3) is 0.471. The van der Waals surface area contributed by atoms with Crippen LogP contribution in [0, 0.1) is 6.92 Å². The van der Waals surface area contributed by atoms with E-state index in [0.29, 0.717) is 24.4 Å². The Morgan fingerprint density at radius 3 is 2.92 bits per heavy atom. The van der Waals surface area contributed by atoms with Crippen molar-refractivity contribution in [3.05, 3.63) is 51.7 Å². The molecule has 8 heteroatoms. The first-order chi connectivity index (χ1) is 12.0. The largest absolute Gasteiger partial charge is 0.373 e. The lowest BCUT2D eigenvalue weighted by Gasteiger charge is -2.39. The summed E-state index contributed by atoms with van der Waals surface area (Å²) < 4.78 is 7.73. The molecule has 8 nitrogen and oxygen atoms in total. The van der Waals surface area contributed by atoms with Crippen LogP contribution < -0.4 is 10.9 Å². The number of likely N-dealkylation sites (N-methyl/N-ethyl adjacent to an activating group) is 1. The minimum Gasteiger partial charge on any atom is -0.373 e. The van der Waals surface area contributed by atoms with Gasteiger partial charge in [-0.25, -0.2) is 0 Å². The molecule has 1 aliphatic heterocycles. The summed E-state index contributed by atoms with van der Waals surface area (Å²) in [6.07, 6.45) is 1.56. The molecule has 25 heavy (non-hydrogen) atoms. The van der Waals surface area contributed by atoms with Crippen molar-refractivity contribution in [2.45, 2.75) is 19.1 Å². The van der Waals surface area contributed by atoms with Gasteiger partial charge in [0.25, 0.3) is 5.91 Å². The van der Waals surface area contributed by atoms with E-state index in [1.807, 2.05) is 24.8 Å². The molecule has 2 atom stereocenters. The Hall–Kier alpha value is -2.45. The molecule has 134 valence electrons. The van der Waals surface area contributed by atoms with E-state index in [2.05, 4.69) is 20.3 Å². The van der Waals surface area contributed by atoms with E-state index in [1.165, 1.54) is 6.07 Å². The first-order valence-corrected chi connectivity index (χ1v) is 8.24. The maximum atomic E-state index is 12.4. The number of nitrogens with one attached hydrogen (secondary N) is 2. The first-order valence-electron chi connectivity index (χ1n) is 8.24. The number of carbonyl (C=O) groups is 1. The quantitative estimate of drug-likeness (QED) is 0.827. The second-order valence-corrected chi connectivity index (χ2v) is 6.34. The van der Waals surface area contributed by atoms with Gasteiger partial charge in [0.1, 0.15) is 0 Å². The van der Waals surface area contributed by atoms with Crippen LogP contribution in [0.3, 0.4) is 0 Å². The zero-order chi connectivity index (χ0) is 18.0. The molecule has 1 fully saturated rings. The SMILES string of the molecule is Cc1cc(C(=O)NC[C@@H]2OCCN(C)[C@H]2c2ccnn2C)cc(=O)[nH]1. The molecule has 0 spiro atoms. The lowest BCUT2D eigenvalue weighted by Crippen LogP contribution is -2.49. The maximum absolute atomic E-state index is 12.4. The molecular weight excluding hydrogens is 322 g/mol. The summed E-state index contributed by atoms with van der Waals surface area (Å²) in [5.41, 5.74) is 1.75. The van der Waals surface area contributed by atoms with Gasteiger partial charge in [0.15, 0.2) is 0 Å². The van der Waals surface area contributed by atoms with Crippen molar-refractivity contribution in [3.63, 3.8) is 0 Å². The molecule has 3 heterocycles. The van der Waals surface area contributed by atoms with E-state index in [1.54, 1.807) is 19.2 Å². The van der Waals surface area contributed by atoms with Gasteiger partial charge in [-0.05, 0) is 26.1 Å². The van der Waals surface area contributed by atoms with Crippen molar-refractivity contribution in [2.24, 2.45) is 7.05 Å². The number of nitrogens with zero attached hydrogens (tertiary/aromatic N) is 3. The van der Waals surface area contributed by atoms with Gasteiger partial charge in [0.2, 0.25) is 5.56 Å². The average Bonchev–Trinajstić information content (AvgIpc) is 2.97. The number of aromatic nitrogens is 3. The molecule has 0 radical (unpaired) electrons. The van der Waals surface area contributed by atoms with Crippen molar-refractivity contribution in [1.82, 2.24) is 25.0 Å². The van der Waals surface area contributed by atoms with Gasteiger partial charge >= 0.3 is 0 Å². The third-order valence-corrected chi connectivity index (χ3v) is 4.47. The van der Waals surface area contributed by atoms with Crippen LogP contribution in [-0.4, -0.2) is 58.4 Å². The molecule has 3 rings (SSSR count). The third kappa shape index (κ3) is 3.80. The Morgan fingerprint density at radius 2 is 2.24 bits per heavy atom. The number of aromatic amines is 1. The number of rotatable bonds is 4. The number of amides is 1. The van der Waals surface area contributed by atoms with Crippen LogP contribution in [0.1, 0.15) is 27.8 Å². The number of morpholine rings is 1. The smallest absolute Gasteiger partial charge is 0.251 e. The molecule has 0 aliphatic carbocycles. The topological polar surface area (TPSA) is 92.2 Å². The predicted molar refractivity (Wildman–Crippen MR) is 92.5 cm³/mol. The molecule has 1 amide bonds. The number of hydrogen-bond donors (Lipinski definition) is 2. The van der Waals surface area contributed by atoms with Crippen molar-refractivity contribution in [3.8, 4) is 0 Å². The van der Waals surface area contributed by atoms with Crippen molar-refractivity contribution < 1.29 is 9.53 Å². The van der Waals surface area contributed by atoms with Gasteiger partial charge in [0.05, 0.1) is 24.4 Å². The van der Waals surface area contributed by atoms with Crippen LogP contribution in [-0.2, 0) is 11.8 Å². The summed E-state index contributed by atoms with van der Waals surface area (Å²) in [6, 6.07) is 4.92. The first kappa shape index (κ1) is 17.4. The summed E-state index contributed by atoms with van der Waals surface area (Å²) in [5.74, 6) is -0.283. The number of aryl methyl sites for hydroxylation is 2. The lowest BCUT2D eigenvalue weighted by atomic mass is 10.0. The van der Waals surface area contributed by atoms with Gasteiger partial charge in [-0.2, -0.15) is 5.10 Å². The number of ether oxygens (including phenoxy) is 1. The molecule has 1 aliphatic rings. The molecule has 0 unspecified atom stereocenters. The van der Waals surface area contributed by atoms with Gasteiger partial charge < -0.3 is 15.0 Å². The fourth-order valence-corrected chi connectivity index (χ4v) is 3.23. The van der Waals surface area contributed by atoms with E-state index in [9.17, 15) is 9.59 Å². The highest BCUT2D eigenvalue weighted by atomic mass is 16.5. The molecule has 2 aromatic rings. The molecular formula is C17H23N5O3. The average molecular weight is 345 g/mol. The Kier molecular flexibility index (Phi) is 5.00. The van der Waals surface area contributed by atoms with Gasteiger partial charge in [-0.3, -0.25) is 19.2 Å². The van der Waals surface area contributed by atoms with Gasteiger partial charge in [-0.1, -0.05) is 0 Å². The number of pyridine rings is 1.